The van der Waals surface area contributed by atoms with E-state index in [1.54, 1.807) is 20.8 Å². The number of fused-ring (bicyclic) bond motifs is 1. The maximum atomic E-state index is 11.5. The Kier molecular flexibility index (Phi) is 9.83. The quantitative estimate of drug-likeness (QED) is 0.139. The summed E-state index contributed by atoms with van der Waals surface area (Å²) in [5.74, 6) is -1.24. The highest BCUT2D eigenvalue weighted by atomic mass is 16.7. The minimum absolute atomic E-state index is 0.276. The molecule has 2 aliphatic heterocycles. The standard InChI is InChI=1S/C27H48O14/c1-25(2,36)11-5-7-26(3)14(29)6-8-27(4,37)22(26)21(11)41-24-20(35)18(33)16(31)13(40-24)10-38-23-19(34)17(32)15(30)12(9-28)39-23/h11-24,28-37H,5-10H2,1-4H3/t11-,12-,13-,14+,15+,16+,17+,18+,19-,20-,21-,22+,23+,24+,26-,27-/m1/s1. The number of ether oxygens (including phenoxy) is 4. The Morgan fingerprint density at radius 1 is 0.780 bits per heavy atom. The molecule has 2 saturated carbocycles. The lowest BCUT2D eigenvalue weighted by Crippen LogP contribution is -2.67. The van der Waals surface area contributed by atoms with Crippen LogP contribution in [0.4, 0.5) is 0 Å². The van der Waals surface area contributed by atoms with E-state index in [9.17, 15) is 51.1 Å². The van der Waals surface area contributed by atoms with Gasteiger partial charge in [-0.05, 0) is 46.5 Å². The Morgan fingerprint density at radius 2 is 1.34 bits per heavy atom. The van der Waals surface area contributed by atoms with E-state index >= 15 is 0 Å². The average Bonchev–Trinajstić information content (AvgIpc) is 2.89. The van der Waals surface area contributed by atoms with Crippen molar-refractivity contribution in [2.75, 3.05) is 13.2 Å². The molecule has 4 rings (SSSR count). The Morgan fingerprint density at radius 3 is 1.93 bits per heavy atom. The smallest absolute Gasteiger partial charge is 0.186 e. The molecule has 4 aliphatic rings. The number of rotatable bonds is 7. The van der Waals surface area contributed by atoms with E-state index in [0.29, 0.717) is 19.3 Å². The van der Waals surface area contributed by atoms with Crippen LogP contribution in [0.15, 0.2) is 0 Å². The second kappa shape index (κ2) is 12.1. The zero-order valence-electron chi connectivity index (χ0n) is 23.9. The summed E-state index contributed by atoms with van der Waals surface area (Å²) in [6, 6.07) is 0. The number of hydrogen-bond donors (Lipinski definition) is 10. The molecule has 14 nitrogen and oxygen atoms in total. The van der Waals surface area contributed by atoms with Gasteiger partial charge in [0.1, 0.15) is 48.8 Å². The van der Waals surface area contributed by atoms with Crippen LogP contribution in [0.5, 0.6) is 0 Å². The van der Waals surface area contributed by atoms with E-state index in [0.717, 1.165) is 0 Å². The van der Waals surface area contributed by atoms with Gasteiger partial charge >= 0.3 is 0 Å². The molecule has 0 unspecified atom stereocenters. The Balaban J connectivity index is 1.55. The van der Waals surface area contributed by atoms with Gasteiger partial charge in [0.05, 0.1) is 36.6 Å². The van der Waals surface area contributed by atoms with Gasteiger partial charge in [-0.15, -0.1) is 0 Å². The third-order valence-electron chi connectivity index (χ3n) is 9.93. The van der Waals surface area contributed by atoms with Gasteiger partial charge in [0, 0.05) is 17.3 Å². The lowest BCUT2D eigenvalue weighted by Gasteiger charge is -2.61. The van der Waals surface area contributed by atoms with Crippen LogP contribution in [0.25, 0.3) is 0 Å². The van der Waals surface area contributed by atoms with Gasteiger partial charge in [0.2, 0.25) is 0 Å². The first-order chi connectivity index (χ1) is 18.9. The molecule has 0 aromatic rings. The predicted molar refractivity (Wildman–Crippen MR) is 138 cm³/mol. The largest absolute Gasteiger partial charge is 0.394 e. The summed E-state index contributed by atoms with van der Waals surface area (Å²) in [5, 5.41) is 105. The fourth-order valence-electron chi connectivity index (χ4n) is 7.39. The van der Waals surface area contributed by atoms with Gasteiger partial charge in [0.15, 0.2) is 12.6 Å². The van der Waals surface area contributed by atoms with Crippen molar-refractivity contribution in [2.24, 2.45) is 17.3 Å². The van der Waals surface area contributed by atoms with Crippen molar-refractivity contribution >= 4 is 0 Å². The maximum Gasteiger partial charge on any atom is 0.186 e. The molecular weight excluding hydrogens is 548 g/mol. The Bertz CT molecular complexity index is 881. The zero-order valence-corrected chi connectivity index (χ0v) is 23.9. The number of hydrogen-bond acceptors (Lipinski definition) is 14. The second-order valence-electron chi connectivity index (χ2n) is 13.3. The fourth-order valence-corrected chi connectivity index (χ4v) is 7.39. The van der Waals surface area contributed by atoms with Crippen LogP contribution in [-0.4, -0.2) is 149 Å². The van der Waals surface area contributed by atoms with E-state index in [-0.39, 0.29) is 6.42 Å². The lowest BCUT2D eigenvalue weighted by molar-refractivity contribution is -0.353. The van der Waals surface area contributed by atoms with Gasteiger partial charge in [-0.25, -0.2) is 0 Å². The Labute approximate surface area is 239 Å². The van der Waals surface area contributed by atoms with Crippen molar-refractivity contribution in [1.82, 2.24) is 0 Å². The van der Waals surface area contributed by atoms with Crippen LogP contribution in [-0.2, 0) is 18.9 Å². The minimum atomic E-state index is -1.76. The summed E-state index contributed by atoms with van der Waals surface area (Å²) in [5.41, 5.74) is -3.36. The summed E-state index contributed by atoms with van der Waals surface area (Å²) in [7, 11) is 0. The summed E-state index contributed by atoms with van der Waals surface area (Å²) in [6.45, 7) is 5.54. The normalized spacial score (nSPS) is 53.1. The molecule has 240 valence electrons. The molecule has 0 spiro atoms. The van der Waals surface area contributed by atoms with Crippen LogP contribution >= 0.6 is 0 Å². The van der Waals surface area contributed by atoms with Crippen molar-refractivity contribution in [2.45, 2.75) is 138 Å². The third kappa shape index (κ3) is 6.20. The predicted octanol–water partition coefficient (Wildman–Crippen LogP) is -3.30. The molecule has 0 bridgehead atoms. The van der Waals surface area contributed by atoms with Gasteiger partial charge < -0.3 is 70.0 Å². The first-order valence-corrected chi connectivity index (χ1v) is 14.3. The van der Waals surface area contributed by atoms with Crippen LogP contribution in [0.2, 0.25) is 0 Å². The van der Waals surface area contributed by atoms with Crippen LogP contribution in [0.1, 0.15) is 53.4 Å². The first-order valence-electron chi connectivity index (χ1n) is 14.3. The maximum absolute atomic E-state index is 11.5. The van der Waals surface area contributed by atoms with Crippen molar-refractivity contribution in [3.63, 3.8) is 0 Å². The average molecular weight is 597 g/mol. The zero-order chi connectivity index (χ0) is 30.7. The molecule has 10 N–H and O–H groups in total. The van der Waals surface area contributed by atoms with Crippen molar-refractivity contribution in [1.29, 1.82) is 0 Å². The SMILES string of the molecule is CC(C)(O)[C@@H]1CC[C@]2(C)[C@@H](O)CC[C@@](C)(O)[C@H]2[C@@H]1O[C@@H]1O[C@H](CO[C@H]2O[C@H](CO)[C@H](O)[C@H](O)[C@H]2O)[C@H](O)[C@H](O)[C@H]1O. The van der Waals surface area contributed by atoms with E-state index in [1.165, 1.54) is 0 Å². The summed E-state index contributed by atoms with van der Waals surface area (Å²) in [4.78, 5) is 0. The van der Waals surface area contributed by atoms with Gasteiger partial charge in [-0.2, -0.15) is 0 Å². The summed E-state index contributed by atoms with van der Waals surface area (Å²) >= 11 is 0. The third-order valence-corrected chi connectivity index (χ3v) is 9.93. The highest BCUT2D eigenvalue weighted by Gasteiger charge is 2.62. The number of aliphatic hydroxyl groups is 10. The molecule has 2 saturated heterocycles. The fraction of sp³-hybridized carbons (Fsp3) is 1.00. The molecule has 2 aliphatic carbocycles. The molecular formula is C27H48O14. The van der Waals surface area contributed by atoms with E-state index in [2.05, 4.69) is 0 Å². The van der Waals surface area contributed by atoms with Gasteiger partial charge in [-0.1, -0.05) is 6.92 Å². The van der Waals surface area contributed by atoms with E-state index < -0.39 is 115 Å². The molecule has 0 radical (unpaired) electrons. The molecule has 0 amide bonds. The molecule has 0 aromatic heterocycles. The minimum Gasteiger partial charge on any atom is -0.394 e. The van der Waals surface area contributed by atoms with Crippen LogP contribution in [0.3, 0.4) is 0 Å². The summed E-state index contributed by atoms with van der Waals surface area (Å²) in [6.07, 6.45) is -15.9. The van der Waals surface area contributed by atoms with Crippen molar-refractivity contribution < 1.29 is 70.0 Å². The number of aliphatic hydroxyl groups excluding tert-OH is 8. The van der Waals surface area contributed by atoms with Crippen molar-refractivity contribution in [3.05, 3.63) is 0 Å². The van der Waals surface area contributed by atoms with Crippen LogP contribution < -0.4 is 0 Å². The second-order valence-corrected chi connectivity index (χ2v) is 13.3. The molecule has 16 atom stereocenters. The van der Waals surface area contributed by atoms with Gasteiger partial charge in [0.25, 0.3) is 0 Å². The topological polar surface area (TPSA) is 239 Å². The summed E-state index contributed by atoms with van der Waals surface area (Å²) < 4.78 is 23.0. The molecule has 14 heteroatoms. The first kappa shape index (κ1) is 33.3. The molecule has 0 aromatic carbocycles. The molecule has 41 heavy (non-hydrogen) atoms. The molecule has 2 heterocycles. The highest BCUT2D eigenvalue weighted by molar-refractivity contribution is 5.11. The van der Waals surface area contributed by atoms with E-state index in [4.69, 9.17) is 18.9 Å². The molecule has 4 fully saturated rings. The highest BCUT2D eigenvalue weighted by Crippen LogP contribution is 2.58. The van der Waals surface area contributed by atoms with E-state index in [1.807, 2.05) is 6.92 Å². The Hall–Kier alpha value is -0.560. The van der Waals surface area contributed by atoms with Crippen LogP contribution in [0, 0.1) is 17.3 Å². The lowest BCUT2D eigenvalue weighted by atomic mass is 9.50. The van der Waals surface area contributed by atoms with Gasteiger partial charge in [-0.3, -0.25) is 0 Å². The monoisotopic (exact) mass is 596 g/mol. The van der Waals surface area contributed by atoms with Crippen molar-refractivity contribution in [3.8, 4) is 0 Å².